The molecule has 3 rings (SSSR count). The van der Waals surface area contributed by atoms with Gasteiger partial charge in [-0.2, -0.15) is 0 Å². The molecule has 103 valence electrons. The summed E-state index contributed by atoms with van der Waals surface area (Å²) in [4.78, 5) is 0. The van der Waals surface area contributed by atoms with E-state index in [1.54, 1.807) is 18.2 Å². The lowest BCUT2D eigenvalue weighted by atomic mass is 9.98. The Kier molecular flexibility index (Phi) is 3.96. The quantitative estimate of drug-likeness (QED) is 0.523. The zero-order chi connectivity index (χ0) is 14.8. The Labute approximate surface area is 132 Å². The topological polar surface area (TPSA) is 0 Å². The molecule has 0 bridgehead atoms. The number of benzene rings is 3. The largest absolute Gasteiger partial charge is 0.207 e. The molecule has 0 unspecified atom stereocenters. The van der Waals surface area contributed by atoms with E-state index in [1.807, 2.05) is 30.3 Å². The Morgan fingerprint density at radius 3 is 2.48 bits per heavy atom. The minimum atomic E-state index is -0.323. The average Bonchev–Trinajstić information content (AvgIpc) is 2.48. The van der Waals surface area contributed by atoms with E-state index in [9.17, 15) is 4.39 Å². The molecule has 0 heterocycles. The van der Waals surface area contributed by atoms with E-state index in [4.69, 9.17) is 23.2 Å². The van der Waals surface area contributed by atoms with Gasteiger partial charge in [-0.3, -0.25) is 0 Å². The highest BCUT2D eigenvalue weighted by molar-refractivity contribution is 6.41. The van der Waals surface area contributed by atoms with Gasteiger partial charge in [0.05, 0.1) is 5.02 Å². The Morgan fingerprint density at radius 1 is 0.905 bits per heavy atom. The van der Waals surface area contributed by atoms with Crippen LogP contribution < -0.4 is 0 Å². The van der Waals surface area contributed by atoms with Gasteiger partial charge in [0.15, 0.2) is 0 Å². The highest BCUT2D eigenvalue weighted by Crippen LogP contribution is 2.40. The number of halogens is 3. The predicted octanol–water partition coefficient (Wildman–Crippen LogP) is 6.27. The van der Waals surface area contributed by atoms with Crippen LogP contribution in [0.4, 0.5) is 4.39 Å². The van der Waals surface area contributed by atoms with Crippen LogP contribution in [0.5, 0.6) is 0 Å². The van der Waals surface area contributed by atoms with E-state index in [1.165, 1.54) is 12.1 Å². The van der Waals surface area contributed by atoms with Gasteiger partial charge in [-0.05, 0) is 35.4 Å². The minimum absolute atomic E-state index is 0.323. The first kappa shape index (κ1) is 14.1. The summed E-state index contributed by atoms with van der Waals surface area (Å²) in [6.07, 6.45) is 0. The summed E-state index contributed by atoms with van der Waals surface area (Å²) < 4.78 is 13.4. The fourth-order valence-corrected chi connectivity index (χ4v) is 2.92. The molecule has 3 aromatic rings. The first-order valence-corrected chi connectivity index (χ1v) is 7.13. The van der Waals surface area contributed by atoms with E-state index in [0.29, 0.717) is 21.2 Å². The molecule has 0 N–H and O–H groups in total. The van der Waals surface area contributed by atoms with Crippen molar-refractivity contribution in [3.05, 3.63) is 82.6 Å². The fraction of sp³-hybridized carbons (Fsp3) is 0. The van der Waals surface area contributed by atoms with Gasteiger partial charge in [0.25, 0.3) is 0 Å². The maximum absolute atomic E-state index is 13.4. The van der Waals surface area contributed by atoms with Gasteiger partial charge in [0.1, 0.15) is 5.82 Å². The van der Waals surface area contributed by atoms with Crippen LogP contribution in [0.1, 0.15) is 0 Å². The van der Waals surface area contributed by atoms with E-state index in [2.05, 4.69) is 6.07 Å². The zero-order valence-corrected chi connectivity index (χ0v) is 12.4. The molecule has 0 spiro atoms. The molecule has 0 nitrogen and oxygen atoms in total. The molecule has 0 aliphatic heterocycles. The third-order valence-corrected chi connectivity index (χ3v) is 3.91. The molecule has 0 fully saturated rings. The maximum Gasteiger partial charge on any atom is 0.123 e. The highest BCUT2D eigenvalue weighted by atomic mass is 35.5. The molecule has 0 amide bonds. The number of rotatable bonds is 2. The van der Waals surface area contributed by atoms with Crippen molar-refractivity contribution in [1.82, 2.24) is 0 Å². The Hall–Kier alpha value is -1.83. The summed E-state index contributed by atoms with van der Waals surface area (Å²) >= 11 is 12.8. The molecule has 21 heavy (non-hydrogen) atoms. The summed E-state index contributed by atoms with van der Waals surface area (Å²) in [6.45, 7) is 0. The van der Waals surface area contributed by atoms with Crippen molar-refractivity contribution < 1.29 is 4.39 Å². The van der Waals surface area contributed by atoms with Crippen molar-refractivity contribution in [1.29, 1.82) is 0 Å². The Morgan fingerprint density at radius 2 is 1.76 bits per heavy atom. The van der Waals surface area contributed by atoms with Crippen LogP contribution in [0.2, 0.25) is 10.0 Å². The third kappa shape index (κ3) is 2.80. The predicted molar refractivity (Wildman–Crippen MR) is 86.1 cm³/mol. The molecule has 0 aliphatic rings. The van der Waals surface area contributed by atoms with Gasteiger partial charge in [0, 0.05) is 16.1 Å². The molecule has 0 aromatic heterocycles. The van der Waals surface area contributed by atoms with Gasteiger partial charge >= 0.3 is 0 Å². The smallest absolute Gasteiger partial charge is 0.123 e. The number of hydrogen-bond acceptors (Lipinski definition) is 0. The van der Waals surface area contributed by atoms with Crippen LogP contribution in [0, 0.1) is 11.9 Å². The lowest BCUT2D eigenvalue weighted by Crippen LogP contribution is -1.87. The zero-order valence-electron chi connectivity index (χ0n) is 10.9. The van der Waals surface area contributed by atoms with Gasteiger partial charge in [-0.25, -0.2) is 4.39 Å². The first-order valence-electron chi connectivity index (χ1n) is 6.38. The Bertz CT molecular complexity index is 782. The van der Waals surface area contributed by atoms with Crippen LogP contribution in [0.15, 0.2) is 60.7 Å². The van der Waals surface area contributed by atoms with Crippen LogP contribution in [-0.2, 0) is 0 Å². The molecule has 3 aromatic carbocycles. The van der Waals surface area contributed by atoms with E-state index in [-0.39, 0.29) is 5.82 Å². The second kappa shape index (κ2) is 5.88. The molecule has 0 atom stereocenters. The molecule has 3 heteroatoms. The van der Waals surface area contributed by atoms with Crippen molar-refractivity contribution in [2.75, 3.05) is 0 Å². The highest BCUT2D eigenvalue weighted by Gasteiger charge is 2.14. The molecular weight excluding hydrogens is 306 g/mol. The summed E-state index contributed by atoms with van der Waals surface area (Å²) in [5.41, 5.74) is 2.98. The van der Waals surface area contributed by atoms with Crippen molar-refractivity contribution in [2.45, 2.75) is 0 Å². The fourth-order valence-electron chi connectivity index (χ4n) is 2.23. The van der Waals surface area contributed by atoms with Crippen molar-refractivity contribution in [3.8, 4) is 22.3 Å². The SMILES string of the molecule is Fc1cccc(-c2c(Cl)ccc(-c3[c]cccc3)c2Cl)c1. The van der Waals surface area contributed by atoms with E-state index in [0.717, 1.165) is 11.1 Å². The Balaban J connectivity index is 2.22. The lowest BCUT2D eigenvalue weighted by molar-refractivity contribution is 0.628. The molecule has 1 radical (unpaired) electrons. The minimum Gasteiger partial charge on any atom is -0.207 e. The average molecular weight is 316 g/mol. The molecule has 0 aliphatic carbocycles. The first-order chi connectivity index (χ1) is 10.2. The van der Waals surface area contributed by atoms with Crippen molar-refractivity contribution in [3.63, 3.8) is 0 Å². The normalized spacial score (nSPS) is 10.6. The summed E-state index contributed by atoms with van der Waals surface area (Å²) in [5, 5.41) is 0.987. The summed E-state index contributed by atoms with van der Waals surface area (Å²) in [7, 11) is 0. The van der Waals surface area contributed by atoms with Gasteiger partial charge in [-0.1, -0.05) is 65.7 Å². The standard InChI is InChI=1S/C18H10Cl2F/c19-16-10-9-15(12-5-2-1-3-6-12)18(20)17(16)13-7-4-8-14(21)11-13/h1-5,7-11H. The van der Waals surface area contributed by atoms with Gasteiger partial charge in [-0.15, -0.1) is 0 Å². The molecule has 0 saturated heterocycles. The van der Waals surface area contributed by atoms with Gasteiger partial charge in [0.2, 0.25) is 0 Å². The van der Waals surface area contributed by atoms with Crippen molar-refractivity contribution >= 4 is 23.2 Å². The van der Waals surface area contributed by atoms with E-state index >= 15 is 0 Å². The van der Waals surface area contributed by atoms with E-state index < -0.39 is 0 Å². The summed E-state index contributed by atoms with van der Waals surface area (Å²) in [6, 6.07) is 20.5. The molecule has 0 saturated carbocycles. The maximum atomic E-state index is 13.4. The van der Waals surface area contributed by atoms with Crippen LogP contribution in [0.3, 0.4) is 0 Å². The van der Waals surface area contributed by atoms with Gasteiger partial charge < -0.3 is 0 Å². The molecular formula is C18H10Cl2F. The van der Waals surface area contributed by atoms with Crippen LogP contribution >= 0.6 is 23.2 Å². The third-order valence-electron chi connectivity index (χ3n) is 3.20. The second-order valence-electron chi connectivity index (χ2n) is 4.57. The van der Waals surface area contributed by atoms with Crippen LogP contribution in [-0.4, -0.2) is 0 Å². The van der Waals surface area contributed by atoms with Crippen LogP contribution in [0.25, 0.3) is 22.3 Å². The number of hydrogen-bond donors (Lipinski definition) is 0. The monoisotopic (exact) mass is 315 g/mol. The summed E-state index contributed by atoms with van der Waals surface area (Å²) in [5.74, 6) is -0.323. The van der Waals surface area contributed by atoms with Crippen molar-refractivity contribution in [2.24, 2.45) is 0 Å². The second-order valence-corrected chi connectivity index (χ2v) is 5.36. The lowest BCUT2D eigenvalue weighted by Gasteiger charge is -2.12.